The summed E-state index contributed by atoms with van der Waals surface area (Å²) >= 11 is 0. The monoisotopic (exact) mass is 302 g/mol. The Labute approximate surface area is 132 Å². The Bertz CT molecular complexity index is 506. The minimum atomic E-state index is 0.171. The molecule has 0 bridgehead atoms. The van der Waals surface area contributed by atoms with Crippen LogP contribution in [0.15, 0.2) is 24.3 Å². The first-order valence-corrected chi connectivity index (χ1v) is 8.36. The van der Waals surface area contributed by atoms with Gasteiger partial charge in [0.2, 0.25) is 5.91 Å². The molecule has 1 aromatic rings. The van der Waals surface area contributed by atoms with E-state index in [9.17, 15) is 4.79 Å². The summed E-state index contributed by atoms with van der Waals surface area (Å²) < 4.78 is 5.21. The molecule has 4 nitrogen and oxygen atoms in total. The molecule has 2 aliphatic carbocycles. The maximum Gasteiger partial charge on any atom is 0.241 e. The molecular weight excluding hydrogens is 276 g/mol. The molecular formula is C18H26N2O2. The smallest absolute Gasteiger partial charge is 0.241 e. The van der Waals surface area contributed by atoms with E-state index in [4.69, 9.17) is 4.74 Å². The van der Waals surface area contributed by atoms with Crippen LogP contribution in [0.25, 0.3) is 0 Å². The quantitative estimate of drug-likeness (QED) is 0.803. The average molecular weight is 302 g/mol. The molecule has 2 aliphatic rings. The lowest BCUT2D eigenvalue weighted by atomic mass is 10.1. The lowest BCUT2D eigenvalue weighted by Gasteiger charge is -2.30. The van der Waals surface area contributed by atoms with Crippen molar-refractivity contribution in [3.63, 3.8) is 0 Å². The van der Waals surface area contributed by atoms with Gasteiger partial charge in [-0.25, -0.2) is 0 Å². The molecule has 1 atom stereocenters. The zero-order valence-corrected chi connectivity index (χ0v) is 13.5. The number of benzene rings is 1. The van der Waals surface area contributed by atoms with Gasteiger partial charge in [-0.15, -0.1) is 0 Å². The molecule has 3 rings (SSSR count). The Morgan fingerprint density at radius 2 is 1.95 bits per heavy atom. The molecule has 0 heterocycles. The number of carbonyl (C=O) groups is 1. The first kappa shape index (κ1) is 15.3. The summed E-state index contributed by atoms with van der Waals surface area (Å²) in [6.07, 6.45) is 5.08. The van der Waals surface area contributed by atoms with Crippen LogP contribution in [0, 0.1) is 11.8 Å². The number of amides is 1. The summed E-state index contributed by atoms with van der Waals surface area (Å²) in [5.41, 5.74) is 0.971. The van der Waals surface area contributed by atoms with E-state index in [0.717, 1.165) is 23.9 Å². The topological polar surface area (TPSA) is 41.6 Å². The molecule has 1 aromatic carbocycles. The maximum absolute atomic E-state index is 12.7. The third-order valence-electron chi connectivity index (χ3n) is 4.74. The molecule has 0 spiro atoms. The third-order valence-corrected chi connectivity index (χ3v) is 4.74. The van der Waals surface area contributed by atoms with Crippen molar-refractivity contribution in [2.24, 2.45) is 11.8 Å². The second-order valence-electron chi connectivity index (χ2n) is 6.61. The Kier molecular flexibility index (Phi) is 4.67. The van der Waals surface area contributed by atoms with Gasteiger partial charge in [0.05, 0.1) is 13.7 Å². The summed E-state index contributed by atoms with van der Waals surface area (Å²) in [5, 5.41) is 3.32. The summed E-state index contributed by atoms with van der Waals surface area (Å²) in [7, 11) is 1.66. The molecule has 2 fully saturated rings. The van der Waals surface area contributed by atoms with Gasteiger partial charge in [0.15, 0.2) is 0 Å². The fraction of sp³-hybridized carbons (Fsp3) is 0.611. The van der Waals surface area contributed by atoms with Gasteiger partial charge in [-0.2, -0.15) is 0 Å². The van der Waals surface area contributed by atoms with Crippen LogP contribution < -0.4 is 15.0 Å². The van der Waals surface area contributed by atoms with Crippen molar-refractivity contribution in [3.8, 4) is 5.75 Å². The fourth-order valence-corrected chi connectivity index (χ4v) is 2.93. The summed E-state index contributed by atoms with van der Waals surface area (Å²) in [6, 6.07) is 8.08. The first-order chi connectivity index (χ1) is 10.7. The molecule has 0 aromatic heterocycles. The Hall–Kier alpha value is -1.55. The van der Waals surface area contributed by atoms with Crippen molar-refractivity contribution in [2.45, 2.75) is 38.6 Å². The number of nitrogens with zero attached hydrogens (tertiary/aromatic N) is 1. The van der Waals surface area contributed by atoms with Crippen LogP contribution in [0.5, 0.6) is 5.75 Å². The van der Waals surface area contributed by atoms with E-state index in [2.05, 4.69) is 12.2 Å². The molecule has 4 heteroatoms. The molecule has 22 heavy (non-hydrogen) atoms. The number of hydrogen-bond donors (Lipinski definition) is 1. The molecule has 1 unspecified atom stereocenters. The second-order valence-corrected chi connectivity index (χ2v) is 6.61. The molecule has 1 amide bonds. The van der Waals surface area contributed by atoms with Crippen molar-refractivity contribution < 1.29 is 9.53 Å². The van der Waals surface area contributed by atoms with Gasteiger partial charge in [-0.3, -0.25) is 4.79 Å². The Morgan fingerprint density at radius 1 is 1.27 bits per heavy atom. The molecule has 1 N–H and O–H groups in total. The molecule has 0 aliphatic heterocycles. The second kappa shape index (κ2) is 6.69. The summed E-state index contributed by atoms with van der Waals surface area (Å²) in [4.78, 5) is 14.7. The van der Waals surface area contributed by atoms with Gasteiger partial charge >= 0.3 is 0 Å². The minimum absolute atomic E-state index is 0.171. The number of hydrogen-bond acceptors (Lipinski definition) is 3. The van der Waals surface area contributed by atoms with E-state index in [1.807, 2.05) is 29.2 Å². The number of carbonyl (C=O) groups excluding carboxylic acids is 1. The molecule has 120 valence electrons. The highest BCUT2D eigenvalue weighted by atomic mass is 16.5. The van der Waals surface area contributed by atoms with Gasteiger partial charge in [0.1, 0.15) is 5.75 Å². The predicted octanol–water partition coefficient (Wildman–Crippen LogP) is 2.83. The lowest BCUT2D eigenvalue weighted by molar-refractivity contribution is -0.118. The van der Waals surface area contributed by atoms with E-state index in [1.54, 1.807) is 7.11 Å². The number of rotatable bonds is 8. The van der Waals surface area contributed by atoms with Crippen molar-refractivity contribution in [1.82, 2.24) is 5.32 Å². The highest BCUT2D eigenvalue weighted by Crippen LogP contribution is 2.37. The standard InChI is InChI=1S/C18H26N2O2/c1-13(15-5-6-15)20(16-7-9-17(22-2)10-8-16)18(21)12-19-11-14-3-4-14/h7-10,13-15,19H,3-6,11-12H2,1-2H3. The number of anilines is 1. The summed E-state index contributed by atoms with van der Waals surface area (Å²) in [5.74, 6) is 2.44. The maximum atomic E-state index is 12.7. The van der Waals surface area contributed by atoms with Crippen LogP contribution in [0.3, 0.4) is 0 Å². The normalized spacial score (nSPS) is 18.8. The largest absolute Gasteiger partial charge is 0.497 e. The van der Waals surface area contributed by atoms with Crippen molar-refractivity contribution in [1.29, 1.82) is 0 Å². The average Bonchev–Trinajstić information content (AvgIpc) is 3.40. The number of methoxy groups -OCH3 is 1. The van der Waals surface area contributed by atoms with Crippen LogP contribution in [0.2, 0.25) is 0 Å². The van der Waals surface area contributed by atoms with E-state index in [0.29, 0.717) is 12.5 Å². The zero-order chi connectivity index (χ0) is 15.5. The van der Waals surface area contributed by atoms with Crippen LogP contribution in [0.1, 0.15) is 32.6 Å². The van der Waals surface area contributed by atoms with Crippen molar-refractivity contribution in [2.75, 3.05) is 25.1 Å². The Balaban J connectivity index is 1.68. The highest BCUT2D eigenvalue weighted by molar-refractivity contribution is 5.95. The van der Waals surface area contributed by atoms with Crippen molar-refractivity contribution in [3.05, 3.63) is 24.3 Å². The van der Waals surface area contributed by atoms with Gasteiger partial charge in [0, 0.05) is 11.7 Å². The van der Waals surface area contributed by atoms with E-state index in [1.165, 1.54) is 25.7 Å². The van der Waals surface area contributed by atoms with Gasteiger partial charge in [0.25, 0.3) is 0 Å². The van der Waals surface area contributed by atoms with Crippen LogP contribution in [0.4, 0.5) is 5.69 Å². The SMILES string of the molecule is COc1ccc(N(C(=O)CNCC2CC2)C(C)C2CC2)cc1. The van der Waals surface area contributed by atoms with Crippen LogP contribution >= 0.6 is 0 Å². The van der Waals surface area contributed by atoms with Crippen molar-refractivity contribution >= 4 is 11.6 Å². The summed E-state index contributed by atoms with van der Waals surface area (Å²) in [6.45, 7) is 3.57. The van der Waals surface area contributed by atoms with E-state index < -0.39 is 0 Å². The zero-order valence-electron chi connectivity index (χ0n) is 13.5. The van der Waals surface area contributed by atoms with E-state index in [-0.39, 0.29) is 11.9 Å². The Morgan fingerprint density at radius 3 is 2.50 bits per heavy atom. The fourth-order valence-electron chi connectivity index (χ4n) is 2.93. The predicted molar refractivity (Wildman–Crippen MR) is 88.3 cm³/mol. The van der Waals surface area contributed by atoms with E-state index >= 15 is 0 Å². The lowest BCUT2D eigenvalue weighted by Crippen LogP contribution is -2.45. The van der Waals surface area contributed by atoms with Crippen LogP contribution in [-0.4, -0.2) is 32.1 Å². The minimum Gasteiger partial charge on any atom is -0.497 e. The van der Waals surface area contributed by atoms with Gasteiger partial charge in [-0.05, 0) is 75.3 Å². The molecule has 0 radical (unpaired) electrons. The number of nitrogens with one attached hydrogen (secondary N) is 1. The molecule has 0 saturated heterocycles. The van der Waals surface area contributed by atoms with Gasteiger partial charge < -0.3 is 15.0 Å². The molecule has 2 saturated carbocycles. The number of ether oxygens (including phenoxy) is 1. The first-order valence-electron chi connectivity index (χ1n) is 8.36. The third kappa shape index (κ3) is 3.80. The van der Waals surface area contributed by atoms with Crippen LogP contribution in [-0.2, 0) is 4.79 Å². The van der Waals surface area contributed by atoms with Gasteiger partial charge in [-0.1, -0.05) is 0 Å². The highest BCUT2D eigenvalue weighted by Gasteiger charge is 2.35.